The quantitative estimate of drug-likeness (QED) is 0.0135. The number of carbonyl (C=O) groups is 2. The van der Waals surface area contributed by atoms with Crippen molar-refractivity contribution in [1.82, 2.24) is 0 Å². The van der Waals surface area contributed by atoms with E-state index in [9.17, 15) is 18.0 Å². The number of nitrogens with zero attached hydrogens (tertiary/aromatic N) is 4. The zero-order valence-electron chi connectivity index (χ0n) is 43.5. The van der Waals surface area contributed by atoms with Gasteiger partial charge in [0.1, 0.15) is 0 Å². The van der Waals surface area contributed by atoms with E-state index in [2.05, 4.69) is 399 Å². The molecule has 0 radical (unpaired) electrons. The standard InChI is InChI=1S/C8H5NO2.C6H14O4S.C5H11N3O.C5H13NO.C5H12O2.CH4.I35.I3.K/c10-7-5-3-1-2-4-6(5)8(11)9-7;1-6(4-9-2)5-10-11(3,7)8;1-5(4-9-2)3-7-8-6;2*1-5(3-6)4-7-2;;1-19-21(4)23(6)25(8)27(10)29(12)31(14)33(16)35(18)34(17)32(15)30(13)28(11)26(9)24(7)22(5)20(2)3;1-3-2;/h1-4H,(H,9,10,11);6H,4-5H2,1-3H3;5H,3-4H2,1-2H3;5H,3-4,6H2,1-2H3;5-6H,3-4H2,1-2H3;1H4;;;/q;;;;;;2*-1;+1/p-1. The maximum atomic E-state index is 10.9. The van der Waals surface area contributed by atoms with Crippen molar-refractivity contribution in [3.63, 3.8) is 0 Å². The van der Waals surface area contributed by atoms with Crippen LogP contribution in [0, 0.1) is 23.7 Å². The Morgan fingerprint density at radius 3 is 1.12 bits per heavy atom. The number of nitrogens with two attached hydrogens (primary N) is 1. The molecule has 85 heavy (non-hydrogen) atoms. The monoisotopic (exact) mass is 5540 g/mol. The number of rotatable bonds is 31. The summed E-state index contributed by atoms with van der Waals surface area (Å²) in [5, 5.41) is 15.1. The number of ether oxygens (including phenoxy) is 4. The minimum atomic E-state index is -3.29. The van der Waals surface area contributed by atoms with Crippen molar-refractivity contribution < 1.29 is 124 Å². The Morgan fingerprint density at radius 2 is 0.871 bits per heavy atom. The zero-order chi connectivity index (χ0) is 65.9. The largest absolute Gasteiger partial charge is 1.00 e. The van der Waals surface area contributed by atoms with E-state index in [0.717, 1.165) is 12.9 Å². The molecule has 1 aliphatic rings. The second-order valence-electron chi connectivity index (χ2n) is 13.0. The third-order valence-corrected chi connectivity index (χ3v) is 2570. The van der Waals surface area contributed by atoms with Gasteiger partial charge in [-0.25, -0.2) is 0 Å². The van der Waals surface area contributed by atoms with E-state index in [1.807, 2.05) is 20.8 Å². The van der Waals surface area contributed by atoms with Crippen LogP contribution in [0.5, 0.6) is 0 Å². The number of carbonyl (C=O) groups excluding carboxylic acids is 2. The molecule has 538 valence electrons. The number of hydrogen-bond acceptors (Lipinski definition) is 12. The molecule has 15 nitrogen and oxygen atoms in total. The summed E-state index contributed by atoms with van der Waals surface area (Å²) in [6, 6.07) is 6.63. The van der Waals surface area contributed by atoms with Crippen LogP contribution in [-0.2, 0) is 33.2 Å². The van der Waals surface area contributed by atoms with Gasteiger partial charge in [0.25, 0.3) is 10.1 Å². The van der Waals surface area contributed by atoms with Crippen molar-refractivity contribution in [1.29, 1.82) is 0 Å². The molecule has 4 atom stereocenters. The van der Waals surface area contributed by atoms with Gasteiger partial charge in [0.15, 0.2) is 0 Å². The van der Waals surface area contributed by atoms with Gasteiger partial charge in [0.2, 0.25) is 0 Å². The fraction of sp³-hybridized carbons (Fsp3) is 0.733. The number of azide groups is 1. The van der Waals surface area contributed by atoms with Crippen LogP contribution in [0.1, 0.15) is 55.8 Å². The molecule has 0 spiro atoms. The molecule has 1 aromatic carbocycles. The topological polar surface area (TPSA) is 224 Å². The summed E-state index contributed by atoms with van der Waals surface area (Å²) in [5.74, 6) is 0.367. The van der Waals surface area contributed by atoms with Crippen molar-refractivity contribution in [2.24, 2.45) is 34.5 Å². The van der Waals surface area contributed by atoms with Gasteiger partial charge in [-0.2, -0.15) is 8.42 Å². The summed E-state index contributed by atoms with van der Waals surface area (Å²) in [6.07, 6.45) is 1.03. The molecule has 1 aromatic rings. The molecule has 3 N–H and O–H groups in total. The van der Waals surface area contributed by atoms with Crippen LogP contribution < -0.4 is 83.6 Å². The number of aliphatic hydroxyl groups excluding tert-OH is 1. The third-order valence-electron chi connectivity index (χ3n) is 6.40. The van der Waals surface area contributed by atoms with Crippen molar-refractivity contribution in [2.45, 2.75) is 35.1 Å². The number of amides is 2. The predicted octanol–water partition coefficient (Wildman–Crippen LogP) is 27.2. The Kier molecular flexibility index (Phi) is 122. The molecule has 0 aromatic heterocycles. The average molecular weight is 5540 g/mol. The van der Waals surface area contributed by atoms with Gasteiger partial charge in [0.05, 0.1) is 37.9 Å². The van der Waals surface area contributed by atoms with E-state index < -0.39 is 140 Å². The summed E-state index contributed by atoms with van der Waals surface area (Å²) < 4.78 is 44.7. The first-order chi connectivity index (χ1) is 38.5. The first-order valence-electron chi connectivity index (χ1n) is 19.3. The number of halogens is 38. The third kappa shape index (κ3) is 69.0. The smallest absolute Gasteiger partial charge is 0.587 e. The van der Waals surface area contributed by atoms with Crippen LogP contribution in [0.15, 0.2) is 29.4 Å². The number of imide groups is 1. The van der Waals surface area contributed by atoms with Crippen LogP contribution >= 0.6 is 499 Å². The van der Waals surface area contributed by atoms with Crippen molar-refractivity contribution in [3.05, 3.63) is 51.2 Å². The zero-order valence-corrected chi connectivity index (χ0v) is 129. The fourth-order valence-corrected chi connectivity index (χ4v) is 6080. The van der Waals surface area contributed by atoms with E-state index >= 15 is 0 Å². The number of methoxy groups -OCH3 is 4. The van der Waals surface area contributed by atoms with Gasteiger partial charge in [-0.15, -0.1) is 0 Å². The molecular formula is C30H58I38KN5O10S-2. The summed E-state index contributed by atoms with van der Waals surface area (Å²) in [4.78, 5) is 24.4. The van der Waals surface area contributed by atoms with E-state index in [1.165, 1.54) is 0 Å². The second-order valence-corrected chi connectivity index (χ2v) is 827. The molecule has 0 aliphatic carbocycles. The maximum absolute atomic E-state index is 10.9. The van der Waals surface area contributed by atoms with Gasteiger partial charge in [-0.3, -0.25) is 4.18 Å². The van der Waals surface area contributed by atoms with E-state index in [-0.39, 0.29) is 91.8 Å². The molecule has 0 saturated heterocycles. The number of benzene rings is 1. The number of aliphatic hydroxyl groups is 1. The Hall–Kier alpha value is 26.7. The average Bonchev–Trinajstić information content (AvgIpc) is 3.78. The Balaban J connectivity index is -0.000000197. The minimum absolute atomic E-state index is 0. The predicted molar refractivity (Wildman–Crippen MR) is 685 cm³/mol. The van der Waals surface area contributed by atoms with E-state index in [1.54, 1.807) is 52.7 Å². The summed E-state index contributed by atoms with van der Waals surface area (Å²) in [7, 11) is -4.35. The number of hydrogen-bond donors (Lipinski definition) is 2. The summed E-state index contributed by atoms with van der Waals surface area (Å²) in [5.41, 5.74) is 14.0. The fourth-order valence-electron chi connectivity index (χ4n) is 3.29. The Labute approximate surface area is 818 Å². The van der Waals surface area contributed by atoms with Crippen LogP contribution in [0.3, 0.4) is 0 Å². The van der Waals surface area contributed by atoms with Crippen LogP contribution in [-0.4, -0.2) is 113 Å². The van der Waals surface area contributed by atoms with Crippen LogP contribution in [0.25, 0.3) is 15.8 Å². The van der Waals surface area contributed by atoms with Crippen LogP contribution in [0.2, 0.25) is 0 Å². The normalized spacial score (nSPS) is 15.3. The van der Waals surface area contributed by atoms with Gasteiger partial charge < -0.3 is 44.7 Å². The molecule has 0 saturated carbocycles. The molecule has 55 heteroatoms. The first kappa shape index (κ1) is 125. The molecule has 2 amide bonds. The molecule has 2 rings (SSSR count). The Bertz CT molecular complexity index is 1920. The van der Waals surface area contributed by atoms with Crippen LogP contribution in [0.4, 0.5) is 0 Å². The van der Waals surface area contributed by atoms with Crippen molar-refractivity contribution >= 4 is 521 Å². The van der Waals surface area contributed by atoms with E-state index in [0.29, 0.717) is 82.4 Å². The summed E-state index contributed by atoms with van der Waals surface area (Å²) >= 11 is 63.4. The maximum Gasteiger partial charge on any atom is 1.00 e. The Morgan fingerprint density at radius 1 is 0.576 bits per heavy atom. The second kappa shape index (κ2) is 83.0. The molecular weight excluding hydrogens is 5480 g/mol. The molecule has 1 aliphatic heterocycles. The summed E-state index contributed by atoms with van der Waals surface area (Å²) in [6.45, 7) is 12.0. The molecule has 4 unspecified atom stereocenters. The molecule has 0 fully saturated rings. The number of fused-ring (bicyclic) bond motifs is 1. The van der Waals surface area contributed by atoms with Gasteiger partial charge in [0, 0.05) is 82.7 Å². The minimum Gasteiger partial charge on any atom is -0.587 e. The van der Waals surface area contributed by atoms with Gasteiger partial charge in [-0.05, 0) is 23.9 Å². The SMILES string of the molecule is C.COCC(C)CN.COCC(C)CN=[N+]=[N-].COCC(C)CO.COCC(C)COS(C)(=O)=O.I[I-]I.I[I-]I(I)I(I)I(I)I(I)I(I)I(I)I(I)I(I)I(I)I(I)I(I)I(I)I(I)I(I)I(I)I(I)I.O=C1[N-]C(=O)c2ccccc21.[K+]. The van der Waals surface area contributed by atoms with Gasteiger partial charge >= 0.3 is 577 Å². The van der Waals surface area contributed by atoms with E-state index in [4.69, 9.17) is 35.3 Å². The first-order valence-corrected chi connectivity index (χ1v) is 247. The molecule has 1 heterocycles. The van der Waals surface area contributed by atoms with Crippen molar-refractivity contribution in [3.8, 4) is 0 Å². The molecule has 0 bridgehead atoms. The van der Waals surface area contributed by atoms with Crippen molar-refractivity contribution in [2.75, 3.05) is 87.4 Å². The van der Waals surface area contributed by atoms with Gasteiger partial charge in [-0.1, -0.05) is 64.5 Å².